The van der Waals surface area contributed by atoms with E-state index in [-0.39, 0.29) is 5.54 Å². The Hall–Kier alpha value is -4.33. The Kier molecular flexibility index (Phi) is 5.24. The van der Waals surface area contributed by atoms with Crippen LogP contribution in [0.25, 0.3) is 33.5 Å². The molecule has 0 bridgehead atoms. The van der Waals surface area contributed by atoms with Gasteiger partial charge in [0.1, 0.15) is 0 Å². The highest BCUT2D eigenvalue weighted by Crippen LogP contribution is 2.32. The fourth-order valence-corrected chi connectivity index (χ4v) is 4.45. The van der Waals surface area contributed by atoms with Crippen LogP contribution in [0.4, 0.5) is 5.69 Å². The molecule has 0 aliphatic rings. The molecule has 3 aromatic heterocycles. The van der Waals surface area contributed by atoms with Gasteiger partial charge in [0.05, 0.1) is 35.0 Å². The molecule has 0 atom stereocenters. The first kappa shape index (κ1) is 22.5. The Morgan fingerprint density at radius 2 is 1.89 bits per heavy atom. The van der Waals surface area contributed by atoms with Gasteiger partial charge in [-0.1, -0.05) is 6.07 Å². The summed E-state index contributed by atoms with van der Waals surface area (Å²) in [4.78, 5) is 16.6. The summed E-state index contributed by atoms with van der Waals surface area (Å²) in [6, 6.07) is 11.9. The Bertz CT molecular complexity index is 1560. The van der Waals surface area contributed by atoms with Crippen LogP contribution in [-0.2, 0) is 7.05 Å². The van der Waals surface area contributed by atoms with Crippen molar-refractivity contribution >= 4 is 22.5 Å². The van der Waals surface area contributed by atoms with Crippen molar-refractivity contribution in [1.29, 1.82) is 0 Å². The standard InChI is InChI=1S/C27H29N7O/c1-17-13-34(19-9-10-20(26(28)35)21(11-19)31-27(2,3)4)24-8-6-7-23(25(17)24)33-15-22(29-16-33)18-12-30-32(5)14-18/h6-16,31H,1-5H3,(H2,28,35). The molecule has 0 saturated heterocycles. The number of anilines is 1. The average Bonchev–Trinajstić information content (AvgIpc) is 3.51. The number of aryl methyl sites for hydroxylation is 2. The largest absolute Gasteiger partial charge is 0.380 e. The molecule has 0 aliphatic carbocycles. The number of nitrogens with one attached hydrogen (secondary N) is 1. The van der Waals surface area contributed by atoms with Crippen LogP contribution < -0.4 is 11.1 Å². The lowest BCUT2D eigenvalue weighted by atomic mass is 10.1. The highest BCUT2D eigenvalue weighted by atomic mass is 16.1. The quantitative estimate of drug-likeness (QED) is 0.387. The van der Waals surface area contributed by atoms with E-state index in [0.29, 0.717) is 11.3 Å². The number of primary amides is 1. The van der Waals surface area contributed by atoms with Crippen molar-refractivity contribution in [2.45, 2.75) is 33.2 Å². The molecule has 0 fully saturated rings. The minimum absolute atomic E-state index is 0.224. The first-order valence-corrected chi connectivity index (χ1v) is 11.5. The summed E-state index contributed by atoms with van der Waals surface area (Å²) in [5.41, 5.74) is 12.6. The molecular formula is C27H29N7O. The fraction of sp³-hybridized carbons (Fsp3) is 0.222. The normalized spacial score (nSPS) is 11.8. The molecule has 5 aromatic rings. The van der Waals surface area contributed by atoms with Gasteiger partial charge in [-0.15, -0.1) is 0 Å². The van der Waals surface area contributed by atoms with Crippen LogP contribution in [0.2, 0.25) is 0 Å². The molecule has 3 N–H and O–H groups in total. The third kappa shape index (κ3) is 4.19. The van der Waals surface area contributed by atoms with Gasteiger partial charge < -0.3 is 20.2 Å². The number of nitrogens with zero attached hydrogens (tertiary/aromatic N) is 5. The summed E-state index contributed by atoms with van der Waals surface area (Å²) in [6.07, 6.45) is 9.74. The molecule has 35 heavy (non-hydrogen) atoms. The van der Waals surface area contributed by atoms with Crippen LogP contribution >= 0.6 is 0 Å². The third-order valence-corrected chi connectivity index (χ3v) is 5.91. The predicted molar refractivity (Wildman–Crippen MR) is 139 cm³/mol. The Balaban J connectivity index is 1.62. The predicted octanol–water partition coefficient (Wildman–Crippen LogP) is 4.83. The van der Waals surface area contributed by atoms with Gasteiger partial charge in [-0.05, 0) is 63.6 Å². The lowest BCUT2D eigenvalue weighted by Crippen LogP contribution is -2.28. The van der Waals surface area contributed by atoms with Gasteiger partial charge in [-0.3, -0.25) is 9.48 Å². The summed E-state index contributed by atoms with van der Waals surface area (Å²) in [5, 5.41) is 8.80. The van der Waals surface area contributed by atoms with Gasteiger partial charge in [0, 0.05) is 53.5 Å². The summed E-state index contributed by atoms with van der Waals surface area (Å²) >= 11 is 0. The maximum atomic E-state index is 12.0. The van der Waals surface area contributed by atoms with Gasteiger partial charge in [0.2, 0.25) is 0 Å². The van der Waals surface area contributed by atoms with Crippen LogP contribution in [0.15, 0.2) is 67.5 Å². The molecule has 1 amide bonds. The number of nitrogens with two attached hydrogens (primary N) is 1. The Labute approximate surface area is 204 Å². The zero-order valence-electron chi connectivity index (χ0n) is 20.6. The first-order valence-electron chi connectivity index (χ1n) is 11.5. The Morgan fingerprint density at radius 3 is 2.57 bits per heavy atom. The lowest BCUT2D eigenvalue weighted by molar-refractivity contribution is 0.100. The number of hydrogen-bond donors (Lipinski definition) is 2. The van der Waals surface area contributed by atoms with Crippen molar-refractivity contribution in [3.63, 3.8) is 0 Å². The zero-order valence-corrected chi connectivity index (χ0v) is 20.6. The second kappa shape index (κ2) is 8.16. The van der Waals surface area contributed by atoms with Crippen LogP contribution in [0, 0.1) is 6.92 Å². The second-order valence-electron chi connectivity index (χ2n) is 9.89. The number of carbonyl (C=O) groups is 1. The molecule has 2 aromatic carbocycles. The van der Waals surface area contributed by atoms with Crippen LogP contribution in [0.1, 0.15) is 36.7 Å². The number of amides is 1. The molecule has 0 saturated carbocycles. The van der Waals surface area contributed by atoms with Crippen LogP contribution in [0.3, 0.4) is 0 Å². The maximum Gasteiger partial charge on any atom is 0.250 e. The van der Waals surface area contributed by atoms with E-state index in [1.807, 2.05) is 54.7 Å². The van der Waals surface area contributed by atoms with Gasteiger partial charge in [0.25, 0.3) is 5.91 Å². The summed E-state index contributed by atoms with van der Waals surface area (Å²) in [6.45, 7) is 8.26. The van der Waals surface area contributed by atoms with E-state index in [0.717, 1.165) is 39.1 Å². The molecular weight excluding hydrogens is 438 g/mol. The minimum atomic E-state index is -0.455. The third-order valence-electron chi connectivity index (χ3n) is 5.91. The van der Waals surface area contributed by atoms with Crippen molar-refractivity contribution in [3.05, 3.63) is 78.6 Å². The number of fused-ring (bicyclic) bond motifs is 1. The smallest absolute Gasteiger partial charge is 0.250 e. The second-order valence-corrected chi connectivity index (χ2v) is 9.89. The van der Waals surface area contributed by atoms with Crippen molar-refractivity contribution in [2.75, 3.05) is 5.32 Å². The SMILES string of the molecule is Cc1cn(-c2ccc(C(N)=O)c(NC(C)(C)C)c2)c2cccc(-n3cnc(-c4cnn(C)c4)c3)c12. The van der Waals surface area contributed by atoms with Gasteiger partial charge in [-0.2, -0.15) is 5.10 Å². The lowest BCUT2D eigenvalue weighted by Gasteiger charge is -2.24. The number of carbonyl (C=O) groups excluding carboxylic acids is 1. The molecule has 0 spiro atoms. The highest BCUT2D eigenvalue weighted by Gasteiger charge is 2.18. The minimum Gasteiger partial charge on any atom is -0.380 e. The van der Waals surface area contributed by atoms with Crippen LogP contribution in [-0.4, -0.2) is 35.3 Å². The zero-order chi connectivity index (χ0) is 24.9. The molecule has 8 nitrogen and oxygen atoms in total. The average molecular weight is 468 g/mol. The van der Waals surface area contributed by atoms with Gasteiger partial charge in [-0.25, -0.2) is 4.98 Å². The van der Waals surface area contributed by atoms with Crippen molar-refractivity contribution in [2.24, 2.45) is 12.8 Å². The van der Waals surface area contributed by atoms with E-state index in [1.165, 1.54) is 0 Å². The Morgan fingerprint density at radius 1 is 1.09 bits per heavy atom. The maximum absolute atomic E-state index is 12.0. The summed E-state index contributed by atoms with van der Waals surface area (Å²) < 4.78 is 5.96. The number of aromatic nitrogens is 5. The van der Waals surface area contributed by atoms with Crippen LogP contribution in [0.5, 0.6) is 0 Å². The summed E-state index contributed by atoms with van der Waals surface area (Å²) in [5.74, 6) is -0.455. The molecule has 0 unspecified atom stereocenters. The van der Waals surface area contributed by atoms with E-state index < -0.39 is 5.91 Å². The highest BCUT2D eigenvalue weighted by molar-refractivity contribution is 5.99. The molecule has 3 heterocycles. The summed E-state index contributed by atoms with van der Waals surface area (Å²) in [7, 11) is 1.89. The topological polar surface area (TPSA) is 95.7 Å². The molecule has 0 aliphatic heterocycles. The van der Waals surface area contributed by atoms with Crippen molar-refractivity contribution in [1.82, 2.24) is 23.9 Å². The van der Waals surface area contributed by atoms with E-state index in [1.54, 1.807) is 10.7 Å². The van der Waals surface area contributed by atoms with E-state index in [9.17, 15) is 4.79 Å². The first-order chi connectivity index (χ1) is 16.6. The van der Waals surface area contributed by atoms with E-state index in [2.05, 4.69) is 66.0 Å². The molecule has 5 rings (SSSR count). The van der Waals surface area contributed by atoms with Crippen molar-refractivity contribution in [3.8, 4) is 22.6 Å². The monoisotopic (exact) mass is 467 g/mol. The number of imidazole rings is 1. The van der Waals surface area contributed by atoms with Gasteiger partial charge >= 0.3 is 0 Å². The van der Waals surface area contributed by atoms with E-state index in [4.69, 9.17) is 5.73 Å². The fourth-order valence-electron chi connectivity index (χ4n) is 4.45. The number of hydrogen-bond acceptors (Lipinski definition) is 4. The van der Waals surface area contributed by atoms with Gasteiger partial charge in [0.15, 0.2) is 0 Å². The molecule has 8 heteroatoms. The molecule has 178 valence electrons. The number of rotatable bonds is 5. The molecule has 0 radical (unpaired) electrons. The van der Waals surface area contributed by atoms with Crippen molar-refractivity contribution < 1.29 is 4.79 Å². The van der Waals surface area contributed by atoms with E-state index >= 15 is 0 Å². The number of benzene rings is 2.